The molecule has 0 saturated heterocycles. The van der Waals surface area contributed by atoms with Crippen LogP contribution in [0.25, 0.3) is 0 Å². The Morgan fingerprint density at radius 2 is 2.21 bits per heavy atom. The average molecular weight is 300 g/mol. The van der Waals surface area contributed by atoms with Crippen molar-refractivity contribution in [2.75, 3.05) is 6.54 Å². The largest absolute Gasteiger partial charge is 0.330 e. The highest BCUT2D eigenvalue weighted by molar-refractivity contribution is 9.11. The van der Waals surface area contributed by atoms with Crippen LogP contribution in [-0.2, 0) is 0 Å². The van der Waals surface area contributed by atoms with Crippen LogP contribution in [0.4, 0.5) is 0 Å². The number of halogens is 2. The second-order valence-electron chi connectivity index (χ2n) is 3.14. The maximum absolute atomic E-state index is 6.00. The molecule has 1 rings (SSSR count). The van der Waals surface area contributed by atoms with Crippen LogP contribution in [-0.4, -0.2) is 6.54 Å². The molecule has 5 heteroatoms. The lowest BCUT2D eigenvalue weighted by Gasteiger charge is -2.07. The van der Waals surface area contributed by atoms with Gasteiger partial charge in [0, 0.05) is 10.9 Å². The van der Waals surface area contributed by atoms with Gasteiger partial charge in [-0.05, 0) is 53.9 Å². The fourth-order valence-electron chi connectivity index (χ4n) is 1.15. The summed E-state index contributed by atoms with van der Waals surface area (Å²) < 4.78 is 1.19. The molecule has 0 bridgehead atoms. The van der Waals surface area contributed by atoms with E-state index >= 15 is 0 Å². The van der Waals surface area contributed by atoms with E-state index in [2.05, 4.69) is 28.9 Å². The highest BCUT2D eigenvalue weighted by Gasteiger charge is 2.09. The molecule has 0 aromatic carbocycles. The van der Waals surface area contributed by atoms with Crippen LogP contribution in [0.15, 0.2) is 9.85 Å². The zero-order valence-corrected chi connectivity index (χ0v) is 11.3. The molecule has 0 amide bonds. The maximum atomic E-state index is 6.00. The first-order valence-electron chi connectivity index (χ1n) is 4.36. The third kappa shape index (κ3) is 3.87. The topological polar surface area (TPSA) is 52.0 Å². The number of hydrogen-bond acceptors (Lipinski definition) is 3. The predicted molar refractivity (Wildman–Crippen MR) is 69.2 cm³/mol. The summed E-state index contributed by atoms with van der Waals surface area (Å²) in [6.07, 6.45) is 1.97. The van der Waals surface area contributed by atoms with Crippen LogP contribution in [0, 0.1) is 6.92 Å². The van der Waals surface area contributed by atoms with Gasteiger partial charge in [0.05, 0.1) is 3.79 Å². The molecular formula is C9H16BrClN2S. The third-order valence-electron chi connectivity index (χ3n) is 1.96. The van der Waals surface area contributed by atoms with Crippen molar-refractivity contribution in [3.8, 4) is 0 Å². The molecule has 0 radical (unpaired) electrons. The number of thiophene rings is 1. The second-order valence-corrected chi connectivity index (χ2v) is 5.54. The molecule has 1 heterocycles. The van der Waals surface area contributed by atoms with E-state index in [1.165, 1.54) is 14.2 Å². The minimum absolute atomic E-state index is 0. The molecule has 0 spiro atoms. The van der Waals surface area contributed by atoms with Gasteiger partial charge in [-0.3, -0.25) is 0 Å². The summed E-state index contributed by atoms with van der Waals surface area (Å²) in [4.78, 5) is 1.25. The van der Waals surface area contributed by atoms with Crippen molar-refractivity contribution in [2.45, 2.75) is 25.8 Å². The fraction of sp³-hybridized carbons (Fsp3) is 0.556. The average Bonchev–Trinajstić information content (AvgIpc) is 2.43. The van der Waals surface area contributed by atoms with Gasteiger partial charge < -0.3 is 11.5 Å². The summed E-state index contributed by atoms with van der Waals surface area (Å²) in [5.41, 5.74) is 12.7. The number of hydrogen-bond donors (Lipinski definition) is 2. The van der Waals surface area contributed by atoms with Gasteiger partial charge in [-0.2, -0.15) is 0 Å². The van der Waals surface area contributed by atoms with Crippen molar-refractivity contribution in [3.05, 3.63) is 20.3 Å². The predicted octanol–water partition coefficient (Wildman–Crippen LogP) is 2.98. The molecule has 0 unspecified atom stereocenters. The Morgan fingerprint density at radius 3 is 2.64 bits per heavy atom. The lowest BCUT2D eigenvalue weighted by Crippen LogP contribution is -2.10. The zero-order valence-electron chi connectivity index (χ0n) is 8.13. The maximum Gasteiger partial charge on any atom is 0.0731 e. The fourth-order valence-corrected chi connectivity index (χ4v) is 2.75. The van der Waals surface area contributed by atoms with E-state index in [0.717, 1.165) is 19.4 Å². The summed E-state index contributed by atoms with van der Waals surface area (Å²) >= 11 is 5.21. The monoisotopic (exact) mass is 298 g/mol. The highest BCUT2D eigenvalue weighted by atomic mass is 79.9. The van der Waals surface area contributed by atoms with Gasteiger partial charge in [-0.1, -0.05) is 0 Å². The van der Waals surface area contributed by atoms with Crippen LogP contribution in [0.3, 0.4) is 0 Å². The minimum atomic E-state index is 0. The number of nitrogens with two attached hydrogens (primary N) is 2. The standard InChI is InChI=1S/C9H15BrN2S.ClH/c1-6-5-8(13-9(6)10)7(12)3-2-4-11;/h5,7H,2-4,11-12H2,1H3;1H/t7-;/m1./s1. The Hall–Kier alpha value is 0.390. The lowest BCUT2D eigenvalue weighted by atomic mass is 10.1. The smallest absolute Gasteiger partial charge is 0.0731 e. The molecule has 0 aliphatic heterocycles. The first-order valence-corrected chi connectivity index (χ1v) is 5.97. The summed E-state index contributed by atoms with van der Waals surface area (Å²) in [5, 5.41) is 0. The number of aryl methyl sites for hydroxylation is 1. The van der Waals surface area contributed by atoms with E-state index in [4.69, 9.17) is 11.5 Å². The van der Waals surface area contributed by atoms with E-state index in [1.807, 2.05) is 0 Å². The third-order valence-corrected chi connectivity index (χ3v) is 4.23. The molecule has 0 saturated carbocycles. The Labute approximate surface area is 104 Å². The number of rotatable bonds is 4. The van der Waals surface area contributed by atoms with Gasteiger partial charge >= 0.3 is 0 Å². The molecule has 0 fully saturated rings. The summed E-state index contributed by atoms with van der Waals surface area (Å²) in [7, 11) is 0. The van der Waals surface area contributed by atoms with Gasteiger partial charge in [0.15, 0.2) is 0 Å². The van der Waals surface area contributed by atoms with Gasteiger partial charge in [-0.25, -0.2) is 0 Å². The van der Waals surface area contributed by atoms with Gasteiger partial charge in [0.1, 0.15) is 0 Å². The lowest BCUT2D eigenvalue weighted by molar-refractivity contribution is 0.626. The molecule has 1 aromatic rings. The van der Waals surface area contributed by atoms with E-state index in [-0.39, 0.29) is 18.4 Å². The summed E-state index contributed by atoms with van der Waals surface area (Å²) in [5.74, 6) is 0. The van der Waals surface area contributed by atoms with E-state index in [0.29, 0.717) is 0 Å². The Kier molecular flexibility index (Phi) is 6.99. The van der Waals surface area contributed by atoms with Gasteiger partial charge in [0.25, 0.3) is 0 Å². The summed E-state index contributed by atoms with van der Waals surface area (Å²) in [6.45, 7) is 2.80. The van der Waals surface area contributed by atoms with Crippen LogP contribution < -0.4 is 11.5 Å². The van der Waals surface area contributed by atoms with Crippen LogP contribution in [0.1, 0.15) is 29.3 Å². The molecule has 1 atom stereocenters. The van der Waals surface area contributed by atoms with Crippen LogP contribution in [0.2, 0.25) is 0 Å². The normalized spacial score (nSPS) is 12.3. The molecule has 2 nitrogen and oxygen atoms in total. The van der Waals surface area contributed by atoms with Crippen molar-refractivity contribution in [1.82, 2.24) is 0 Å². The van der Waals surface area contributed by atoms with Gasteiger partial charge in [-0.15, -0.1) is 23.7 Å². The quantitative estimate of drug-likeness (QED) is 0.898. The van der Waals surface area contributed by atoms with Crippen LogP contribution >= 0.6 is 39.7 Å². The molecule has 4 N–H and O–H groups in total. The molecule has 82 valence electrons. The Balaban J connectivity index is 0.00000169. The van der Waals surface area contributed by atoms with Crippen molar-refractivity contribution < 1.29 is 0 Å². The van der Waals surface area contributed by atoms with E-state index in [1.54, 1.807) is 11.3 Å². The van der Waals surface area contributed by atoms with E-state index in [9.17, 15) is 0 Å². The molecule has 1 aromatic heterocycles. The molecule has 0 aliphatic carbocycles. The first kappa shape index (κ1) is 14.4. The molecule has 14 heavy (non-hydrogen) atoms. The summed E-state index contributed by atoms with van der Waals surface area (Å²) in [6, 6.07) is 2.30. The Morgan fingerprint density at radius 1 is 1.57 bits per heavy atom. The van der Waals surface area contributed by atoms with Gasteiger partial charge in [0.2, 0.25) is 0 Å². The SMILES string of the molecule is Cc1cc([C@H](N)CCCN)sc1Br.Cl. The Bertz CT molecular complexity index is 258. The van der Waals surface area contributed by atoms with Crippen molar-refractivity contribution in [1.29, 1.82) is 0 Å². The van der Waals surface area contributed by atoms with Crippen molar-refractivity contribution >= 4 is 39.7 Å². The van der Waals surface area contributed by atoms with Crippen LogP contribution in [0.5, 0.6) is 0 Å². The molecule has 0 aliphatic rings. The van der Waals surface area contributed by atoms with E-state index < -0.39 is 0 Å². The first-order chi connectivity index (χ1) is 6.15. The van der Waals surface area contributed by atoms with Crippen molar-refractivity contribution in [2.24, 2.45) is 11.5 Å². The van der Waals surface area contributed by atoms with Crippen molar-refractivity contribution in [3.63, 3.8) is 0 Å². The zero-order chi connectivity index (χ0) is 9.84. The highest BCUT2D eigenvalue weighted by Crippen LogP contribution is 2.31. The minimum Gasteiger partial charge on any atom is -0.330 e. The molecular weight excluding hydrogens is 284 g/mol. The second kappa shape index (κ2) is 6.80.